The number of hydrogen-bond donors (Lipinski definition) is 2. The number of amides is 2. The highest BCUT2D eigenvalue weighted by Gasteiger charge is 2.28. The van der Waals surface area contributed by atoms with Crippen molar-refractivity contribution < 1.29 is 22.7 Å². The largest absolute Gasteiger partial charge is 0.484 e. The summed E-state index contributed by atoms with van der Waals surface area (Å²) in [7, 11) is 0. The van der Waals surface area contributed by atoms with Crippen molar-refractivity contribution in [2.75, 3.05) is 6.61 Å². The van der Waals surface area contributed by atoms with Crippen LogP contribution in [0.25, 0.3) is 0 Å². The summed E-state index contributed by atoms with van der Waals surface area (Å²) in [6, 6.07) is 5.68. The average Bonchev–Trinajstić information content (AvgIpc) is 2.44. The number of ether oxygens (including phenoxy) is 1. The van der Waals surface area contributed by atoms with Crippen LogP contribution in [0.3, 0.4) is 0 Å². The van der Waals surface area contributed by atoms with Crippen LogP contribution in [0.2, 0.25) is 0 Å². The Morgan fingerprint density at radius 1 is 1.18 bits per heavy atom. The summed E-state index contributed by atoms with van der Waals surface area (Å²) in [4.78, 5) is 11.7. The van der Waals surface area contributed by atoms with E-state index in [-0.39, 0.29) is 23.9 Å². The number of benzene rings is 1. The van der Waals surface area contributed by atoms with E-state index in [4.69, 9.17) is 0 Å². The molecule has 7 heteroatoms. The van der Waals surface area contributed by atoms with Crippen LogP contribution in [0.5, 0.6) is 5.75 Å². The normalized spacial score (nSPS) is 14.1. The number of urea groups is 1. The molecule has 0 radical (unpaired) electrons. The smallest absolute Gasteiger partial charge is 0.422 e. The van der Waals surface area contributed by atoms with Gasteiger partial charge in [-0.2, -0.15) is 13.2 Å². The van der Waals surface area contributed by atoms with Crippen molar-refractivity contribution in [2.24, 2.45) is 0 Å². The van der Waals surface area contributed by atoms with E-state index in [1.807, 2.05) is 13.8 Å². The molecule has 2 atom stereocenters. The Morgan fingerprint density at radius 3 is 2.27 bits per heavy atom. The number of hydrogen-bond acceptors (Lipinski definition) is 2. The van der Waals surface area contributed by atoms with Crippen LogP contribution in [0.1, 0.15) is 38.8 Å². The molecular formula is C15H21F3N2O2. The molecule has 2 unspecified atom stereocenters. The first-order valence-corrected chi connectivity index (χ1v) is 7.07. The monoisotopic (exact) mass is 318 g/mol. The second-order valence-corrected chi connectivity index (χ2v) is 5.12. The van der Waals surface area contributed by atoms with Gasteiger partial charge in [-0.25, -0.2) is 4.79 Å². The molecule has 0 aliphatic carbocycles. The van der Waals surface area contributed by atoms with E-state index >= 15 is 0 Å². The molecule has 124 valence electrons. The van der Waals surface area contributed by atoms with Crippen LogP contribution in [-0.4, -0.2) is 24.9 Å². The summed E-state index contributed by atoms with van der Waals surface area (Å²) in [5, 5.41) is 5.55. The highest BCUT2D eigenvalue weighted by molar-refractivity contribution is 5.74. The Balaban J connectivity index is 2.53. The maximum absolute atomic E-state index is 12.0. The Kier molecular flexibility index (Phi) is 6.52. The van der Waals surface area contributed by atoms with Crippen molar-refractivity contribution in [3.8, 4) is 5.75 Å². The number of nitrogens with one attached hydrogen (secondary N) is 2. The molecule has 0 fully saturated rings. The second-order valence-electron chi connectivity index (χ2n) is 5.12. The van der Waals surface area contributed by atoms with E-state index in [1.54, 1.807) is 19.1 Å². The molecule has 0 saturated carbocycles. The number of halogens is 3. The van der Waals surface area contributed by atoms with Crippen molar-refractivity contribution in [1.29, 1.82) is 0 Å². The van der Waals surface area contributed by atoms with Crippen molar-refractivity contribution >= 4 is 6.03 Å². The van der Waals surface area contributed by atoms with Crippen LogP contribution in [0.4, 0.5) is 18.0 Å². The molecule has 0 aromatic heterocycles. The lowest BCUT2D eigenvalue weighted by Gasteiger charge is -2.18. The van der Waals surface area contributed by atoms with Crippen molar-refractivity contribution in [3.63, 3.8) is 0 Å². The molecule has 2 N–H and O–H groups in total. The average molecular weight is 318 g/mol. The van der Waals surface area contributed by atoms with E-state index in [9.17, 15) is 18.0 Å². The third-order valence-corrected chi connectivity index (χ3v) is 3.12. The molecule has 0 aliphatic rings. The fourth-order valence-electron chi connectivity index (χ4n) is 1.67. The Morgan fingerprint density at radius 2 is 1.77 bits per heavy atom. The molecule has 1 rings (SSSR count). The Labute approximate surface area is 128 Å². The van der Waals surface area contributed by atoms with E-state index in [0.717, 1.165) is 12.0 Å². The summed E-state index contributed by atoms with van der Waals surface area (Å²) >= 11 is 0. The number of carbonyl (C=O) groups is 1. The Hall–Kier alpha value is -1.92. The number of carbonyl (C=O) groups excluding carboxylic acids is 1. The summed E-state index contributed by atoms with van der Waals surface area (Å²) in [6.07, 6.45) is -3.53. The van der Waals surface area contributed by atoms with Gasteiger partial charge < -0.3 is 15.4 Å². The first kappa shape index (κ1) is 18.1. The molecule has 0 bridgehead atoms. The van der Waals surface area contributed by atoms with Crippen LogP contribution in [0.15, 0.2) is 24.3 Å². The quantitative estimate of drug-likeness (QED) is 0.838. The maximum atomic E-state index is 12.0. The molecule has 4 nitrogen and oxygen atoms in total. The Bertz CT molecular complexity index is 475. The van der Waals surface area contributed by atoms with Crippen molar-refractivity contribution in [3.05, 3.63) is 29.8 Å². The van der Waals surface area contributed by atoms with Crippen LogP contribution >= 0.6 is 0 Å². The third kappa shape index (κ3) is 6.69. The van der Waals surface area contributed by atoms with E-state index in [2.05, 4.69) is 15.4 Å². The summed E-state index contributed by atoms with van der Waals surface area (Å²) in [5.41, 5.74) is 0.777. The molecule has 0 saturated heterocycles. The minimum atomic E-state index is -4.36. The lowest BCUT2D eigenvalue weighted by Crippen LogP contribution is -2.41. The molecule has 0 spiro atoms. The fraction of sp³-hybridized carbons (Fsp3) is 0.533. The zero-order valence-corrected chi connectivity index (χ0v) is 12.8. The van der Waals surface area contributed by atoms with Crippen molar-refractivity contribution in [2.45, 2.75) is 45.5 Å². The molecule has 0 aliphatic heterocycles. The predicted molar refractivity (Wildman–Crippen MR) is 77.8 cm³/mol. The van der Waals surface area contributed by atoms with Gasteiger partial charge in [-0.05, 0) is 38.0 Å². The lowest BCUT2D eigenvalue weighted by atomic mass is 10.1. The van der Waals surface area contributed by atoms with Gasteiger partial charge in [0.15, 0.2) is 6.61 Å². The molecule has 1 aromatic rings. The van der Waals surface area contributed by atoms with Gasteiger partial charge in [-0.1, -0.05) is 19.1 Å². The standard InChI is InChI=1S/C15H21F3N2O2/c1-4-10(2)19-14(21)20-11(3)12-5-7-13(8-6-12)22-9-15(16,17)18/h5-8,10-11H,4,9H2,1-3H3,(H2,19,20,21). The van der Waals surface area contributed by atoms with Gasteiger partial charge in [0, 0.05) is 6.04 Å². The maximum Gasteiger partial charge on any atom is 0.422 e. The first-order chi connectivity index (χ1) is 10.2. The van der Waals surface area contributed by atoms with Gasteiger partial charge in [-0.15, -0.1) is 0 Å². The van der Waals surface area contributed by atoms with Crippen LogP contribution in [0, 0.1) is 0 Å². The van der Waals surface area contributed by atoms with E-state index < -0.39 is 12.8 Å². The molecule has 1 aromatic carbocycles. The minimum Gasteiger partial charge on any atom is -0.484 e. The molecule has 2 amide bonds. The van der Waals surface area contributed by atoms with Gasteiger partial charge in [0.1, 0.15) is 5.75 Å². The zero-order chi connectivity index (χ0) is 16.8. The SMILES string of the molecule is CCC(C)NC(=O)NC(C)c1ccc(OCC(F)(F)F)cc1. The zero-order valence-electron chi connectivity index (χ0n) is 12.8. The highest BCUT2D eigenvalue weighted by Crippen LogP contribution is 2.21. The molecular weight excluding hydrogens is 297 g/mol. The number of rotatable bonds is 6. The van der Waals surface area contributed by atoms with Crippen LogP contribution < -0.4 is 15.4 Å². The lowest BCUT2D eigenvalue weighted by molar-refractivity contribution is -0.153. The van der Waals surface area contributed by atoms with Gasteiger partial charge >= 0.3 is 12.2 Å². The predicted octanol–water partition coefficient (Wildman–Crippen LogP) is 3.79. The first-order valence-electron chi connectivity index (χ1n) is 7.07. The fourth-order valence-corrected chi connectivity index (χ4v) is 1.67. The summed E-state index contributed by atoms with van der Waals surface area (Å²) < 4.78 is 40.8. The van der Waals surface area contributed by atoms with Gasteiger partial charge in [-0.3, -0.25) is 0 Å². The molecule has 0 heterocycles. The third-order valence-electron chi connectivity index (χ3n) is 3.12. The number of alkyl halides is 3. The molecule has 22 heavy (non-hydrogen) atoms. The van der Waals surface area contributed by atoms with Gasteiger partial charge in [0.05, 0.1) is 6.04 Å². The van der Waals surface area contributed by atoms with Gasteiger partial charge in [0.25, 0.3) is 0 Å². The highest BCUT2D eigenvalue weighted by atomic mass is 19.4. The second kappa shape index (κ2) is 7.91. The van der Waals surface area contributed by atoms with E-state index in [0.29, 0.717) is 0 Å². The van der Waals surface area contributed by atoms with Crippen molar-refractivity contribution in [1.82, 2.24) is 10.6 Å². The summed E-state index contributed by atoms with van der Waals surface area (Å²) in [5.74, 6) is 0.136. The summed E-state index contributed by atoms with van der Waals surface area (Å²) in [6.45, 7) is 4.34. The van der Waals surface area contributed by atoms with E-state index in [1.165, 1.54) is 12.1 Å². The topological polar surface area (TPSA) is 50.4 Å². The van der Waals surface area contributed by atoms with Crippen LogP contribution in [-0.2, 0) is 0 Å². The minimum absolute atomic E-state index is 0.0744. The van der Waals surface area contributed by atoms with Gasteiger partial charge in [0.2, 0.25) is 0 Å².